The van der Waals surface area contributed by atoms with Crippen LogP contribution in [0, 0.1) is 6.92 Å². The van der Waals surface area contributed by atoms with E-state index >= 15 is 0 Å². The van der Waals surface area contributed by atoms with Gasteiger partial charge in [0.1, 0.15) is 5.76 Å². The minimum Gasteiger partial charge on any atom is -0.360 e. The molecule has 6 nitrogen and oxygen atoms in total. The van der Waals surface area contributed by atoms with E-state index in [1.54, 1.807) is 37.3 Å². The van der Waals surface area contributed by atoms with Crippen LogP contribution in [0.2, 0.25) is 5.02 Å². The summed E-state index contributed by atoms with van der Waals surface area (Å²) in [7, 11) is -3.65. The van der Waals surface area contributed by atoms with Gasteiger partial charge in [-0.15, -0.1) is 0 Å². The van der Waals surface area contributed by atoms with Gasteiger partial charge in [0.25, 0.3) is 10.0 Å². The Balaban J connectivity index is 1.72. The van der Waals surface area contributed by atoms with Gasteiger partial charge in [-0.25, -0.2) is 8.42 Å². The third kappa shape index (κ3) is 3.87. The van der Waals surface area contributed by atoms with Crippen LogP contribution in [0.5, 0.6) is 0 Å². The quantitative estimate of drug-likeness (QED) is 0.710. The lowest BCUT2D eigenvalue weighted by Gasteiger charge is -2.09. The maximum absolute atomic E-state index is 12.3. The first-order valence-electron chi connectivity index (χ1n) is 7.01. The largest absolute Gasteiger partial charge is 0.360 e. The molecule has 3 aromatic rings. The Morgan fingerprint density at radius 2 is 1.62 bits per heavy atom. The van der Waals surface area contributed by atoms with Crippen molar-refractivity contribution in [2.45, 2.75) is 11.8 Å². The van der Waals surface area contributed by atoms with E-state index in [1.807, 2.05) is 0 Å². The van der Waals surface area contributed by atoms with E-state index in [1.165, 1.54) is 24.3 Å². The van der Waals surface area contributed by atoms with E-state index < -0.39 is 10.0 Å². The Morgan fingerprint density at radius 3 is 2.21 bits per heavy atom. The molecule has 0 fully saturated rings. The molecule has 0 amide bonds. The number of anilines is 3. The predicted molar refractivity (Wildman–Crippen MR) is 93.2 cm³/mol. The second kappa shape index (κ2) is 6.54. The molecule has 0 aliphatic heterocycles. The smallest absolute Gasteiger partial charge is 0.261 e. The topological polar surface area (TPSA) is 84.2 Å². The summed E-state index contributed by atoms with van der Waals surface area (Å²) >= 11 is 5.77. The van der Waals surface area contributed by atoms with E-state index in [4.69, 9.17) is 16.1 Å². The number of sulfonamides is 1. The Kier molecular flexibility index (Phi) is 4.46. The predicted octanol–water partition coefficient (Wildman–Crippen LogP) is 4.18. The van der Waals surface area contributed by atoms with Gasteiger partial charge in [0, 0.05) is 22.5 Å². The van der Waals surface area contributed by atoms with Crippen molar-refractivity contribution >= 4 is 38.8 Å². The highest BCUT2D eigenvalue weighted by molar-refractivity contribution is 7.92. The van der Waals surface area contributed by atoms with Crippen LogP contribution in [-0.2, 0) is 10.0 Å². The Bertz CT molecular complexity index is 935. The molecule has 0 spiro atoms. The molecule has 0 aliphatic rings. The Labute approximate surface area is 144 Å². The molecule has 0 bridgehead atoms. The SMILES string of the molecule is Cc1cc(Nc2ccc(NS(=O)(=O)c3ccc(Cl)cc3)cc2)no1. The van der Waals surface area contributed by atoms with Crippen molar-refractivity contribution in [3.8, 4) is 0 Å². The number of benzene rings is 2. The van der Waals surface area contributed by atoms with Crippen molar-refractivity contribution in [3.05, 3.63) is 65.4 Å². The first-order chi connectivity index (χ1) is 11.4. The number of nitrogens with zero attached hydrogens (tertiary/aromatic N) is 1. The van der Waals surface area contributed by atoms with Crippen molar-refractivity contribution in [3.63, 3.8) is 0 Å². The molecule has 0 aliphatic carbocycles. The molecular formula is C16H14ClN3O3S. The highest BCUT2D eigenvalue weighted by atomic mass is 35.5. The molecule has 3 rings (SSSR count). The van der Waals surface area contributed by atoms with E-state index in [9.17, 15) is 8.42 Å². The number of nitrogens with one attached hydrogen (secondary N) is 2. The molecule has 0 saturated carbocycles. The lowest BCUT2D eigenvalue weighted by molar-refractivity contribution is 0.400. The summed E-state index contributed by atoms with van der Waals surface area (Å²) in [5, 5.41) is 7.37. The lowest BCUT2D eigenvalue weighted by atomic mass is 10.3. The number of hydrogen-bond acceptors (Lipinski definition) is 5. The zero-order chi connectivity index (χ0) is 17.2. The van der Waals surface area contributed by atoms with Crippen LogP contribution >= 0.6 is 11.6 Å². The summed E-state index contributed by atoms with van der Waals surface area (Å²) in [5.74, 6) is 1.28. The average molecular weight is 364 g/mol. The fourth-order valence-electron chi connectivity index (χ4n) is 2.02. The van der Waals surface area contributed by atoms with Gasteiger partial charge in [0.05, 0.1) is 4.90 Å². The summed E-state index contributed by atoms with van der Waals surface area (Å²) < 4.78 is 32.1. The number of rotatable bonds is 5. The average Bonchev–Trinajstić information content (AvgIpc) is 2.94. The molecule has 1 aromatic heterocycles. The van der Waals surface area contributed by atoms with E-state index in [-0.39, 0.29) is 4.90 Å². The van der Waals surface area contributed by atoms with Crippen molar-refractivity contribution < 1.29 is 12.9 Å². The molecule has 0 saturated heterocycles. The second-order valence-electron chi connectivity index (χ2n) is 5.08. The molecule has 0 unspecified atom stereocenters. The standard InChI is InChI=1S/C16H14ClN3O3S/c1-11-10-16(19-23-11)18-13-4-6-14(7-5-13)20-24(21,22)15-8-2-12(17)3-9-15/h2-10,20H,1H3,(H,18,19). The highest BCUT2D eigenvalue weighted by Crippen LogP contribution is 2.21. The lowest BCUT2D eigenvalue weighted by Crippen LogP contribution is -2.12. The fraction of sp³-hybridized carbons (Fsp3) is 0.0625. The minimum absolute atomic E-state index is 0.146. The van der Waals surface area contributed by atoms with Crippen molar-refractivity contribution in [2.75, 3.05) is 10.0 Å². The highest BCUT2D eigenvalue weighted by Gasteiger charge is 2.13. The maximum atomic E-state index is 12.3. The number of hydrogen-bond donors (Lipinski definition) is 2. The van der Waals surface area contributed by atoms with E-state index in [0.29, 0.717) is 22.3 Å². The molecule has 0 radical (unpaired) electrons. The zero-order valence-electron chi connectivity index (χ0n) is 12.7. The van der Waals surface area contributed by atoms with Crippen LogP contribution in [0.3, 0.4) is 0 Å². The van der Waals surface area contributed by atoms with E-state index in [2.05, 4.69) is 15.2 Å². The number of aromatic nitrogens is 1. The maximum Gasteiger partial charge on any atom is 0.261 e. The van der Waals surface area contributed by atoms with Crippen LogP contribution in [0.25, 0.3) is 0 Å². The number of halogens is 1. The van der Waals surface area contributed by atoms with Crippen LogP contribution in [0.4, 0.5) is 17.2 Å². The monoisotopic (exact) mass is 363 g/mol. The molecule has 0 atom stereocenters. The van der Waals surface area contributed by atoms with Gasteiger partial charge in [0.15, 0.2) is 5.82 Å². The molecule has 2 N–H and O–H groups in total. The van der Waals surface area contributed by atoms with Gasteiger partial charge >= 0.3 is 0 Å². The summed E-state index contributed by atoms with van der Waals surface area (Å²) in [6, 6.07) is 14.5. The van der Waals surface area contributed by atoms with Gasteiger partial charge < -0.3 is 9.84 Å². The van der Waals surface area contributed by atoms with Gasteiger partial charge in [-0.05, 0) is 55.5 Å². The molecule has 24 heavy (non-hydrogen) atoms. The van der Waals surface area contributed by atoms with Gasteiger partial charge in [0.2, 0.25) is 0 Å². The summed E-state index contributed by atoms with van der Waals surface area (Å²) in [5.41, 5.74) is 1.21. The fourth-order valence-corrected chi connectivity index (χ4v) is 3.21. The zero-order valence-corrected chi connectivity index (χ0v) is 14.2. The van der Waals surface area contributed by atoms with Crippen LogP contribution in [-0.4, -0.2) is 13.6 Å². The van der Waals surface area contributed by atoms with Gasteiger partial charge in [-0.1, -0.05) is 16.8 Å². The summed E-state index contributed by atoms with van der Waals surface area (Å²) in [6.45, 7) is 1.80. The van der Waals surface area contributed by atoms with Gasteiger partial charge in [-0.2, -0.15) is 0 Å². The third-order valence-electron chi connectivity index (χ3n) is 3.16. The second-order valence-corrected chi connectivity index (χ2v) is 7.20. The van der Waals surface area contributed by atoms with E-state index in [0.717, 1.165) is 5.69 Å². The first-order valence-corrected chi connectivity index (χ1v) is 8.87. The first kappa shape index (κ1) is 16.4. The van der Waals surface area contributed by atoms with Gasteiger partial charge in [-0.3, -0.25) is 4.72 Å². The van der Waals surface area contributed by atoms with Crippen molar-refractivity contribution in [1.29, 1.82) is 0 Å². The van der Waals surface area contributed by atoms with Crippen LogP contribution < -0.4 is 10.0 Å². The van der Waals surface area contributed by atoms with Crippen molar-refractivity contribution in [2.24, 2.45) is 0 Å². The Hall–Kier alpha value is -2.51. The molecule has 124 valence electrons. The molecular weight excluding hydrogens is 350 g/mol. The van der Waals surface area contributed by atoms with Crippen LogP contribution in [0.15, 0.2) is 64.0 Å². The van der Waals surface area contributed by atoms with Crippen LogP contribution in [0.1, 0.15) is 5.76 Å². The number of aryl methyl sites for hydroxylation is 1. The third-order valence-corrected chi connectivity index (χ3v) is 4.81. The minimum atomic E-state index is -3.65. The molecule has 8 heteroatoms. The Morgan fingerprint density at radius 1 is 1.00 bits per heavy atom. The summed E-state index contributed by atoms with van der Waals surface area (Å²) in [6.07, 6.45) is 0. The molecule has 2 aromatic carbocycles. The normalized spacial score (nSPS) is 11.2. The molecule has 1 heterocycles. The van der Waals surface area contributed by atoms with Crippen molar-refractivity contribution in [1.82, 2.24) is 5.16 Å². The summed E-state index contributed by atoms with van der Waals surface area (Å²) in [4.78, 5) is 0.146.